The molecule has 1 heterocycles. The van der Waals surface area contributed by atoms with Crippen LogP contribution in [0.25, 0.3) is 0 Å². The third-order valence-electron chi connectivity index (χ3n) is 2.12. The van der Waals surface area contributed by atoms with E-state index in [0.29, 0.717) is 0 Å². The zero-order valence-electron chi connectivity index (χ0n) is 6.53. The fraction of sp³-hybridized carbons (Fsp3) is 0.333. The van der Waals surface area contributed by atoms with Crippen LogP contribution in [0, 0.1) is 0 Å². The molecule has 0 bridgehead atoms. The summed E-state index contributed by atoms with van der Waals surface area (Å²) >= 11 is 11.9. The van der Waals surface area contributed by atoms with Crippen molar-refractivity contribution < 1.29 is 0 Å². The van der Waals surface area contributed by atoms with Gasteiger partial charge in [-0.3, -0.25) is 0 Å². The molecular formula is C9H9Cl2N. The summed E-state index contributed by atoms with van der Waals surface area (Å²) in [5.74, 6) is 0. The summed E-state index contributed by atoms with van der Waals surface area (Å²) in [6.07, 6.45) is 1.01. The van der Waals surface area contributed by atoms with Crippen LogP contribution in [0.3, 0.4) is 0 Å². The quantitative estimate of drug-likeness (QED) is 0.681. The van der Waals surface area contributed by atoms with E-state index in [9.17, 15) is 0 Å². The van der Waals surface area contributed by atoms with E-state index in [2.05, 4.69) is 5.32 Å². The molecule has 64 valence electrons. The summed E-state index contributed by atoms with van der Waals surface area (Å²) in [6.45, 7) is 1.89. The van der Waals surface area contributed by atoms with Gasteiger partial charge in [0.15, 0.2) is 0 Å². The first-order valence-corrected chi connectivity index (χ1v) is 4.70. The number of halogens is 2. The molecule has 0 spiro atoms. The van der Waals surface area contributed by atoms with Crippen molar-refractivity contribution in [2.45, 2.75) is 13.0 Å². The number of fused-ring (bicyclic) bond motifs is 1. The number of hydrogen-bond acceptors (Lipinski definition) is 1. The molecule has 0 fully saturated rings. The van der Waals surface area contributed by atoms with Crippen LogP contribution in [0.1, 0.15) is 11.1 Å². The first-order valence-electron chi connectivity index (χ1n) is 3.95. The molecule has 1 nitrogen and oxygen atoms in total. The van der Waals surface area contributed by atoms with Gasteiger partial charge in [0.25, 0.3) is 0 Å². The predicted octanol–water partition coefficient (Wildman–Crippen LogP) is 2.64. The molecule has 2 rings (SSSR count). The van der Waals surface area contributed by atoms with Crippen molar-refractivity contribution in [3.8, 4) is 0 Å². The molecule has 0 saturated heterocycles. The van der Waals surface area contributed by atoms with Crippen LogP contribution in [-0.4, -0.2) is 6.54 Å². The SMILES string of the molecule is Clc1cc(Cl)c2c(c1)CNCC2. The lowest BCUT2D eigenvalue weighted by Gasteiger charge is -2.18. The van der Waals surface area contributed by atoms with E-state index in [1.165, 1.54) is 11.1 Å². The minimum Gasteiger partial charge on any atom is -0.312 e. The van der Waals surface area contributed by atoms with Crippen molar-refractivity contribution >= 4 is 23.2 Å². The molecule has 0 saturated carbocycles. The second kappa shape index (κ2) is 3.25. The maximum absolute atomic E-state index is 6.04. The van der Waals surface area contributed by atoms with Crippen LogP contribution < -0.4 is 5.32 Å². The van der Waals surface area contributed by atoms with Crippen molar-refractivity contribution in [3.05, 3.63) is 33.3 Å². The highest BCUT2D eigenvalue weighted by Crippen LogP contribution is 2.27. The normalized spacial score (nSPS) is 15.8. The molecule has 1 N–H and O–H groups in total. The second-order valence-electron chi connectivity index (χ2n) is 2.95. The number of rotatable bonds is 0. The first-order chi connectivity index (χ1) is 5.77. The lowest BCUT2D eigenvalue weighted by molar-refractivity contribution is 0.644. The lowest BCUT2D eigenvalue weighted by Crippen LogP contribution is -2.23. The van der Waals surface area contributed by atoms with Gasteiger partial charge in [0.05, 0.1) is 0 Å². The van der Waals surface area contributed by atoms with Gasteiger partial charge in [0, 0.05) is 16.6 Å². The van der Waals surface area contributed by atoms with Gasteiger partial charge in [-0.2, -0.15) is 0 Å². The fourth-order valence-corrected chi connectivity index (χ4v) is 2.16. The van der Waals surface area contributed by atoms with Gasteiger partial charge in [-0.25, -0.2) is 0 Å². The molecule has 1 aromatic rings. The Balaban J connectivity index is 2.53. The largest absolute Gasteiger partial charge is 0.312 e. The molecule has 0 radical (unpaired) electrons. The van der Waals surface area contributed by atoms with Crippen LogP contribution in [0.15, 0.2) is 12.1 Å². The zero-order valence-corrected chi connectivity index (χ0v) is 8.04. The maximum Gasteiger partial charge on any atom is 0.0456 e. The smallest absolute Gasteiger partial charge is 0.0456 e. The van der Waals surface area contributed by atoms with Crippen molar-refractivity contribution in [2.24, 2.45) is 0 Å². The first kappa shape index (κ1) is 8.36. The monoisotopic (exact) mass is 201 g/mol. The molecular weight excluding hydrogens is 193 g/mol. The highest BCUT2D eigenvalue weighted by molar-refractivity contribution is 6.35. The van der Waals surface area contributed by atoms with E-state index in [1.54, 1.807) is 0 Å². The Bertz CT molecular complexity index is 310. The minimum absolute atomic E-state index is 0.724. The van der Waals surface area contributed by atoms with Gasteiger partial charge in [-0.1, -0.05) is 23.2 Å². The fourth-order valence-electron chi connectivity index (χ4n) is 1.53. The number of benzene rings is 1. The van der Waals surface area contributed by atoms with Gasteiger partial charge in [-0.15, -0.1) is 0 Å². The van der Waals surface area contributed by atoms with E-state index >= 15 is 0 Å². The van der Waals surface area contributed by atoms with Gasteiger partial charge in [0.2, 0.25) is 0 Å². The molecule has 0 aromatic heterocycles. The molecule has 0 amide bonds. The summed E-state index contributed by atoms with van der Waals surface area (Å²) in [4.78, 5) is 0. The molecule has 12 heavy (non-hydrogen) atoms. The summed E-state index contributed by atoms with van der Waals surface area (Å²) in [7, 11) is 0. The Morgan fingerprint density at radius 3 is 2.92 bits per heavy atom. The third-order valence-corrected chi connectivity index (χ3v) is 2.68. The standard InChI is InChI=1S/C9H9Cl2N/c10-7-3-6-5-12-2-1-8(6)9(11)4-7/h3-4,12H,1-2,5H2. The molecule has 3 heteroatoms. The summed E-state index contributed by atoms with van der Waals surface area (Å²) < 4.78 is 0. The van der Waals surface area contributed by atoms with Crippen molar-refractivity contribution in [1.29, 1.82) is 0 Å². The Labute approximate surface area is 81.7 Å². The van der Waals surface area contributed by atoms with Crippen molar-refractivity contribution in [2.75, 3.05) is 6.54 Å². The average Bonchev–Trinajstić information content (AvgIpc) is 2.04. The van der Waals surface area contributed by atoms with E-state index in [1.807, 2.05) is 12.1 Å². The highest BCUT2D eigenvalue weighted by Gasteiger charge is 2.12. The Kier molecular flexibility index (Phi) is 2.26. The van der Waals surface area contributed by atoms with Gasteiger partial charge < -0.3 is 5.32 Å². The molecule has 1 aromatic carbocycles. The predicted molar refractivity (Wildman–Crippen MR) is 51.9 cm³/mol. The van der Waals surface area contributed by atoms with E-state index < -0.39 is 0 Å². The summed E-state index contributed by atoms with van der Waals surface area (Å²) in [5, 5.41) is 4.81. The zero-order chi connectivity index (χ0) is 8.55. The second-order valence-corrected chi connectivity index (χ2v) is 3.80. The van der Waals surface area contributed by atoms with Gasteiger partial charge in [-0.05, 0) is 36.2 Å². The molecule has 1 aliphatic heterocycles. The average molecular weight is 202 g/mol. The Hall–Kier alpha value is -0.240. The van der Waals surface area contributed by atoms with Crippen LogP contribution in [0.2, 0.25) is 10.0 Å². The molecule has 1 aliphatic rings. The van der Waals surface area contributed by atoms with Crippen LogP contribution in [0.4, 0.5) is 0 Å². The third kappa shape index (κ3) is 1.45. The minimum atomic E-state index is 0.724. The van der Waals surface area contributed by atoms with E-state index in [4.69, 9.17) is 23.2 Å². The summed E-state index contributed by atoms with van der Waals surface area (Å²) in [6, 6.07) is 3.79. The molecule has 0 unspecified atom stereocenters. The van der Waals surface area contributed by atoms with Crippen LogP contribution >= 0.6 is 23.2 Å². The van der Waals surface area contributed by atoms with Crippen LogP contribution in [0.5, 0.6) is 0 Å². The number of nitrogens with one attached hydrogen (secondary N) is 1. The van der Waals surface area contributed by atoms with Crippen molar-refractivity contribution in [3.63, 3.8) is 0 Å². The maximum atomic E-state index is 6.04. The van der Waals surface area contributed by atoms with Crippen molar-refractivity contribution in [1.82, 2.24) is 5.32 Å². The number of hydrogen-bond donors (Lipinski definition) is 1. The van der Waals surface area contributed by atoms with E-state index in [-0.39, 0.29) is 0 Å². The lowest BCUT2D eigenvalue weighted by atomic mass is 10.0. The van der Waals surface area contributed by atoms with Gasteiger partial charge in [0.1, 0.15) is 0 Å². The Morgan fingerprint density at radius 2 is 2.08 bits per heavy atom. The highest BCUT2D eigenvalue weighted by atomic mass is 35.5. The topological polar surface area (TPSA) is 12.0 Å². The Morgan fingerprint density at radius 1 is 1.25 bits per heavy atom. The van der Waals surface area contributed by atoms with Crippen LogP contribution in [-0.2, 0) is 13.0 Å². The summed E-state index contributed by atoms with van der Waals surface area (Å²) in [5.41, 5.74) is 2.48. The molecule has 0 atom stereocenters. The molecule has 0 aliphatic carbocycles. The van der Waals surface area contributed by atoms with Gasteiger partial charge >= 0.3 is 0 Å². The van der Waals surface area contributed by atoms with E-state index in [0.717, 1.165) is 29.6 Å².